The van der Waals surface area contributed by atoms with Gasteiger partial charge in [0.25, 0.3) is 0 Å². The predicted molar refractivity (Wildman–Crippen MR) is 80.8 cm³/mol. The SMILES string of the molecule is CC[C@H](C)C(=O)NC1(c2ccc(Cl)cc2)CCOCC1. The van der Waals surface area contributed by atoms with E-state index in [4.69, 9.17) is 16.3 Å². The first-order valence-corrected chi connectivity index (χ1v) is 7.61. The van der Waals surface area contributed by atoms with Crippen molar-refractivity contribution in [3.8, 4) is 0 Å². The molecule has 1 aliphatic rings. The summed E-state index contributed by atoms with van der Waals surface area (Å²) in [4.78, 5) is 12.3. The lowest BCUT2D eigenvalue weighted by atomic mass is 9.82. The predicted octanol–water partition coefficient (Wildman–Crippen LogP) is 3.51. The van der Waals surface area contributed by atoms with Crippen LogP contribution in [0.15, 0.2) is 24.3 Å². The zero-order valence-electron chi connectivity index (χ0n) is 12.1. The smallest absolute Gasteiger partial charge is 0.223 e. The second-order valence-electron chi connectivity index (χ2n) is 5.50. The molecule has 0 aliphatic carbocycles. The molecule has 1 aromatic rings. The molecule has 1 aromatic carbocycles. The Morgan fingerprint density at radius 2 is 1.95 bits per heavy atom. The van der Waals surface area contributed by atoms with E-state index < -0.39 is 0 Å². The number of halogens is 1. The van der Waals surface area contributed by atoms with E-state index >= 15 is 0 Å². The van der Waals surface area contributed by atoms with Gasteiger partial charge in [0.2, 0.25) is 5.91 Å². The molecule has 2 rings (SSSR count). The van der Waals surface area contributed by atoms with Crippen LogP contribution in [0.2, 0.25) is 5.02 Å². The first-order valence-electron chi connectivity index (χ1n) is 7.23. The van der Waals surface area contributed by atoms with Crippen molar-refractivity contribution in [2.45, 2.75) is 38.6 Å². The highest BCUT2D eigenvalue weighted by Crippen LogP contribution is 2.33. The first-order chi connectivity index (χ1) is 9.57. The van der Waals surface area contributed by atoms with Gasteiger partial charge in [-0.3, -0.25) is 4.79 Å². The van der Waals surface area contributed by atoms with Gasteiger partial charge in [-0.15, -0.1) is 0 Å². The molecule has 1 aliphatic heterocycles. The molecule has 0 spiro atoms. The van der Waals surface area contributed by atoms with Crippen LogP contribution in [0, 0.1) is 5.92 Å². The molecule has 1 fully saturated rings. The van der Waals surface area contributed by atoms with Crippen molar-refractivity contribution in [1.82, 2.24) is 5.32 Å². The number of benzene rings is 1. The maximum absolute atomic E-state index is 12.3. The zero-order chi connectivity index (χ0) is 14.6. The monoisotopic (exact) mass is 295 g/mol. The Kier molecular flexibility index (Phi) is 5.06. The van der Waals surface area contributed by atoms with E-state index in [1.165, 1.54) is 0 Å². The molecule has 0 saturated carbocycles. The second kappa shape index (κ2) is 6.59. The Labute approximate surface area is 125 Å². The van der Waals surface area contributed by atoms with Gasteiger partial charge in [-0.2, -0.15) is 0 Å². The van der Waals surface area contributed by atoms with Crippen LogP contribution in [0.5, 0.6) is 0 Å². The summed E-state index contributed by atoms with van der Waals surface area (Å²) in [5, 5.41) is 3.97. The average molecular weight is 296 g/mol. The van der Waals surface area contributed by atoms with Crippen LogP contribution in [-0.2, 0) is 15.1 Å². The highest BCUT2D eigenvalue weighted by atomic mass is 35.5. The molecule has 0 bridgehead atoms. The Bertz CT molecular complexity index is 452. The summed E-state index contributed by atoms with van der Waals surface area (Å²) in [5.41, 5.74) is 0.797. The minimum absolute atomic E-state index is 0.0296. The molecule has 4 heteroatoms. The van der Waals surface area contributed by atoms with Gasteiger partial charge in [-0.1, -0.05) is 37.6 Å². The van der Waals surface area contributed by atoms with E-state index in [-0.39, 0.29) is 17.4 Å². The molecule has 1 saturated heterocycles. The molecule has 1 heterocycles. The van der Waals surface area contributed by atoms with Gasteiger partial charge in [0.15, 0.2) is 0 Å². The average Bonchev–Trinajstić information content (AvgIpc) is 2.47. The molecule has 0 aromatic heterocycles. The van der Waals surface area contributed by atoms with Crippen LogP contribution in [0.3, 0.4) is 0 Å². The van der Waals surface area contributed by atoms with Gasteiger partial charge >= 0.3 is 0 Å². The summed E-state index contributed by atoms with van der Waals surface area (Å²) in [6, 6.07) is 7.77. The van der Waals surface area contributed by atoms with Crippen molar-refractivity contribution in [1.29, 1.82) is 0 Å². The van der Waals surface area contributed by atoms with Crippen molar-refractivity contribution < 1.29 is 9.53 Å². The van der Waals surface area contributed by atoms with Crippen LogP contribution in [0.1, 0.15) is 38.7 Å². The fourth-order valence-electron chi connectivity index (χ4n) is 2.52. The Morgan fingerprint density at radius 3 is 2.50 bits per heavy atom. The van der Waals surface area contributed by atoms with E-state index in [0.29, 0.717) is 18.2 Å². The van der Waals surface area contributed by atoms with Gasteiger partial charge in [-0.05, 0) is 37.0 Å². The summed E-state index contributed by atoms with van der Waals surface area (Å²) in [5.74, 6) is 0.145. The quantitative estimate of drug-likeness (QED) is 0.923. The number of nitrogens with one attached hydrogen (secondary N) is 1. The van der Waals surface area contributed by atoms with Crippen molar-refractivity contribution in [2.75, 3.05) is 13.2 Å². The molecule has 0 radical (unpaired) electrons. The number of carbonyl (C=O) groups is 1. The second-order valence-corrected chi connectivity index (χ2v) is 5.94. The number of amides is 1. The summed E-state index contributed by atoms with van der Waals surface area (Å²) in [7, 11) is 0. The largest absolute Gasteiger partial charge is 0.381 e. The third-order valence-corrected chi connectivity index (χ3v) is 4.42. The lowest BCUT2D eigenvalue weighted by Crippen LogP contribution is -2.50. The first kappa shape index (κ1) is 15.3. The Morgan fingerprint density at radius 1 is 1.35 bits per heavy atom. The van der Waals surface area contributed by atoms with Crippen molar-refractivity contribution in [3.05, 3.63) is 34.9 Å². The molecule has 3 nitrogen and oxygen atoms in total. The van der Waals surface area contributed by atoms with E-state index in [1.807, 2.05) is 38.1 Å². The Hall–Kier alpha value is -1.06. The topological polar surface area (TPSA) is 38.3 Å². The standard InChI is InChI=1S/C16H22ClNO2/c1-3-12(2)15(19)18-16(8-10-20-11-9-16)13-4-6-14(17)7-5-13/h4-7,12H,3,8-11H2,1-2H3,(H,18,19)/t12-/m0/s1. The van der Waals surface area contributed by atoms with Crippen molar-refractivity contribution in [3.63, 3.8) is 0 Å². The molecule has 1 atom stereocenters. The van der Waals surface area contributed by atoms with Gasteiger partial charge in [0.05, 0.1) is 5.54 Å². The van der Waals surface area contributed by atoms with Gasteiger partial charge in [0.1, 0.15) is 0 Å². The number of hydrogen-bond donors (Lipinski definition) is 1. The molecule has 20 heavy (non-hydrogen) atoms. The number of hydrogen-bond acceptors (Lipinski definition) is 2. The molecular weight excluding hydrogens is 274 g/mol. The van der Waals surface area contributed by atoms with Crippen LogP contribution < -0.4 is 5.32 Å². The van der Waals surface area contributed by atoms with Gasteiger partial charge in [0, 0.05) is 24.2 Å². The number of rotatable bonds is 4. The lowest BCUT2D eigenvalue weighted by Gasteiger charge is -2.39. The fraction of sp³-hybridized carbons (Fsp3) is 0.562. The molecule has 1 amide bonds. The highest BCUT2D eigenvalue weighted by molar-refractivity contribution is 6.30. The van der Waals surface area contributed by atoms with Crippen LogP contribution in [0.25, 0.3) is 0 Å². The minimum atomic E-state index is -0.316. The molecule has 110 valence electrons. The number of ether oxygens (including phenoxy) is 1. The van der Waals surface area contributed by atoms with Crippen molar-refractivity contribution in [2.24, 2.45) is 5.92 Å². The molecular formula is C16H22ClNO2. The van der Waals surface area contributed by atoms with E-state index in [2.05, 4.69) is 5.32 Å². The Balaban J connectivity index is 2.25. The highest BCUT2D eigenvalue weighted by Gasteiger charge is 2.36. The summed E-state index contributed by atoms with van der Waals surface area (Å²) >= 11 is 5.96. The third kappa shape index (κ3) is 3.33. The maximum atomic E-state index is 12.3. The maximum Gasteiger partial charge on any atom is 0.223 e. The zero-order valence-corrected chi connectivity index (χ0v) is 12.9. The van der Waals surface area contributed by atoms with Gasteiger partial charge in [-0.25, -0.2) is 0 Å². The van der Waals surface area contributed by atoms with Crippen LogP contribution >= 0.6 is 11.6 Å². The van der Waals surface area contributed by atoms with Crippen molar-refractivity contribution >= 4 is 17.5 Å². The summed E-state index contributed by atoms with van der Waals surface area (Å²) < 4.78 is 5.46. The lowest BCUT2D eigenvalue weighted by molar-refractivity contribution is -0.128. The normalized spacial score (nSPS) is 19.4. The third-order valence-electron chi connectivity index (χ3n) is 4.17. The number of carbonyl (C=O) groups excluding carboxylic acids is 1. The van der Waals surface area contributed by atoms with E-state index in [9.17, 15) is 4.79 Å². The summed E-state index contributed by atoms with van der Waals surface area (Å²) in [6.07, 6.45) is 2.45. The minimum Gasteiger partial charge on any atom is -0.381 e. The molecule has 0 unspecified atom stereocenters. The van der Waals surface area contributed by atoms with E-state index in [0.717, 1.165) is 24.8 Å². The van der Waals surface area contributed by atoms with Crippen LogP contribution in [0.4, 0.5) is 0 Å². The fourth-order valence-corrected chi connectivity index (χ4v) is 2.65. The summed E-state index contributed by atoms with van der Waals surface area (Å²) in [6.45, 7) is 5.33. The molecule has 1 N–H and O–H groups in total. The van der Waals surface area contributed by atoms with Gasteiger partial charge < -0.3 is 10.1 Å². The van der Waals surface area contributed by atoms with E-state index in [1.54, 1.807) is 0 Å². The van der Waals surface area contributed by atoms with Crippen LogP contribution in [-0.4, -0.2) is 19.1 Å².